The van der Waals surface area contributed by atoms with Gasteiger partial charge in [0, 0.05) is 18.1 Å². The average molecular weight is 269 g/mol. The second kappa shape index (κ2) is 4.73. The molecule has 1 amide bonds. The number of fused-ring (bicyclic) bond motifs is 1. The van der Waals surface area contributed by atoms with E-state index in [0.717, 1.165) is 11.3 Å². The summed E-state index contributed by atoms with van der Waals surface area (Å²) in [4.78, 5) is 32.7. The molecule has 1 N–H and O–H groups in total. The van der Waals surface area contributed by atoms with Gasteiger partial charge in [-0.05, 0) is 29.8 Å². The molecule has 0 atom stereocenters. The van der Waals surface area contributed by atoms with Crippen molar-refractivity contribution in [2.24, 2.45) is 0 Å². The normalized spacial score (nSPS) is 13.4. The topological polar surface area (TPSA) is 83.4 Å². The first-order valence-corrected chi connectivity index (χ1v) is 6.07. The van der Waals surface area contributed by atoms with Crippen LogP contribution in [0, 0.1) is 0 Å². The van der Waals surface area contributed by atoms with Gasteiger partial charge in [-0.3, -0.25) is 4.79 Å². The van der Waals surface area contributed by atoms with E-state index in [0.29, 0.717) is 12.4 Å². The Hall–Kier alpha value is -2.76. The lowest BCUT2D eigenvalue weighted by Gasteiger charge is -2.16. The number of amides is 1. The molecule has 0 saturated heterocycles. The van der Waals surface area contributed by atoms with E-state index in [1.54, 1.807) is 35.5 Å². The van der Waals surface area contributed by atoms with Gasteiger partial charge in [-0.2, -0.15) is 0 Å². The van der Waals surface area contributed by atoms with E-state index in [2.05, 4.69) is 9.97 Å². The second-order valence-electron chi connectivity index (χ2n) is 4.47. The van der Waals surface area contributed by atoms with Crippen LogP contribution in [0.4, 0.5) is 5.69 Å². The molecule has 0 radical (unpaired) electrons. The minimum absolute atomic E-state index is 0.0741. The van der Waals surface area contributed by atoms with Crippen LogP contribution >= 0.6 is 0 Å². The van der Waals surface area contributed by atoms with Gasteiger partial charge in [0.1, 0.15) is 5.82 Å². The van der Waals surface area contributed by atoms with Crippen molar-refractivity contribution in [1.29, 1.82) is 0 Å². The van der Waals surface area contributed by atoms with Gasteiger partial charge in [0.2, 0.25) is 5.91 Å². The van der Waals surface area contributed by atoms with Gasteiger partial charge >= 0.3 is 5.97 Å². The third-order valence-electron chi connectivity index (χ3n) is 3.18. The number of aromatic nitrogens is 2. The molecule has 6 nitrogen and oxygen atoms in total. The Bertz CT molecular complexity index is 685. The summed E-state index contributed by atoms with van der Waals surface area (Å²) >= 11 is 0. The Labute approximate surface area is 114 Å². The number of carbonyl (C=O) groups excluding carboxylic acids is 1. The lowest BCUT2D eigenvalue weighted by Crippen LogP contribution is -2.26. The van der Waals surface area contributed by atoms with Gasteiger partial charge in [0.25, 0.3) is 0 Å². The SMILES string of the molecule is O=C(O)c1ccc2c(c1)CC(=O)N2Cc1ncccn1. The van der Waals surface area contributed by atoms with Gasteiger partial charge in [-0.1, -0.05) is 0 Å². The minimum atomic E-state index is -0.995. The largest absolute Gasteiger partial charge is 0.478 e. The predicted molar refractivity (Wildman–Crippen MR) is 70.3 cm³/mol. The summed E-state index contributed by atoms with van der Waals surface area (Å²) in [6, 6.07) is 6.41. The molecule has 100 valence electrons. The van der Waals surface area contributed by atoms with Crippen molar-refractivity contribution >= 4 is 17.6 Å². The number of hydrogen-bond acceptors (Lipinski definition) is 4. The first-order valence-electron chi connectivity index (χ1n) is 6.07. The van der Waals surface area contributed by atoms with E-state index in [-0.39, 0.29) is 17.9 Å². The number of nitrogens with zero attached hydrogens (tertiary/aromatic N) is 3. The Morgan fingerprint density at radius 3 is 2.75 bits per heavy atom. The molecule has 2 heterocycles. The number of rotatable bonds is 3. The smallest absolute Gasteiger partial charge is 0.335 e. The molecule has 0 aliphatic carbocycles. The summed E-state index contributed by atoms with van der Waals surface area (Å²) in [5, 5.41) is 8.96. The van der Waals surface area contributed by atoms with Crippen LogP contribution in [0.1, 0.15) is 21.7 Å². The quantitative estimate of drug-likeness (QED) is 0.907. The highest BCUT2D eigenvalue weighted by molar-refractivity contribution is 6.02. The molecule has 0 bridgehead atoms. The van der Waals surface area contributed by atoms with Crippen LogP contribution in [0.5, 0.6) is 0 Å². The molecule has 0 unspecified atom stereocenters. The fourth-order valence-corrected chi connectivity index (χ4v) is 2.24. The Balaban J connectivity index is 1.92. The number of carboxylic acid groups (broad SMARTS) is 1. The van der Waals surface area contributed by atoms with Gasteiger partial charge in [0.15, 0.2) is 0 Å². The molecular formula is C14H11N3O3. The molecule has 1 aliphatic heterocycles. The van der Waals surface area contributed by atoms with Crippen LogP contribution in [0.2, 0.25) is 0 Å². The van der Waals surface area contributed by atoms with Crippen LogP contribution < -0.4 is 4.90 Å². The fraction of sp³-hybridized carbons (Fsp3) is 0.143. The molecule has 2 aromatic rings. The summed E-state index contributed by atoms with van der Waals surface area (Å²) in [7, 11) is 0. The van der Waals surface area contributed by atoms with E-state index in [4.69, 9.17) is 5.11 Å². The minimum Gasteiger partial charge on any atom is -0.478 e. The van der Waals surface area contributed by atoms with E-state index >= 15 is 0 Å². The summed E-state index contributed by atoms with van der Waals surface area (Å²) in [6.45, 7) is 0.291. The number of benzene rings is 1. The lowest BCUT2D eigenvalue weighted by molar-refractivity contribution is -0.117. The second-order valence-corrected chi connectivity index (χ2v) is 4.47. The van der Waals surface area contributed by atoms with Crippen LogP contribution in [0.15, 0.2) is 36.7 Å². The molecule has 1 aliphatic rings. The van der Waals surface area contributed by atoms with Crippen molar-refractivity contribution in [3.63, 3.8) is 0 Å². The highest BCUT2D eigenvalue weighted by Gasteiger charge is 2.28. The van der Waals surface area contributed by atoms with Crippen LogP contribution in [0.25, 0.3) is 0 Å². The van der Waals surface area contributed by atoms with E-state index in [1.807, 2.05) is 0 Å². The summed E-state index contributed by atoms with van der Waals surface area (Å²) < 4.78 is 0. The number of carbonyl (C=O) groups is 2. The first kappa shape index (κ1) is 12.3. The Morgan fingerprint density at radius 1 is 1.30 bits per heavy atom. The standard InChI is InChI=1S/C14H11N3O3/c18-13-7-10-6-9(14(19)20)2-3-11(10)17(13)8-12-15-4-1-5-16-12/h1-6H,7-8H2,(H,19,20). The number of anilines is 1. The van der Waals surface area contributed by atoms with Crippen LogP contribution in [-0.4, -0.2) is 27.0 Å². The molecule has 0 fully saturated rings. The monoisotopic (exact) mass is 269 g/mol. The van der Waals surface area contributed by atoms with Crippen molar-refractivity contribution in [1.82, 2.24) is 9.97 Å². The average Bonchev–Trinajstić information content (AvgIpc) is 2.75. The zero-order valence-corrected chi connectivity index (χ0v) is 10.5. The van der Waals surface area contributed by atoms with E-state index in [9.17, 15) is 9.59 Å². The molecule has 3 rings (SSSR count). The zero-order valence-electron chi connectivity index (χ0n) is 10.5. The van der Waals surface area contributed by atoms with Crippen molar-refractivity contribution in [2.75, 3.05) is 4.90 Å². The summed E-state index contributed by atoms with van der Waals surface area (Å²) in [6.07, 6.45) is 3.46. The lowest BCUT2D eigenvalue weighted by atomic mass is 10.1. The van der Waals surface area contributed by atoms with Gasteiger partial charge in [-0.15, -0.1) is 0 Å². The van der Waals surface area contributed by atoms with Gasteiger partial charge in [0.05, 0.1) is 18.5 Å². The van der Waals surface area contributed by atoms with Crippen molar-refractivity contribution in [2.45, 2.75) is 13.0 Å². The maximum atomic E-state index is 12.0. The highest BCUT2D eigenvalue weighted by atomic mass is 16.4. The molecule has 6 heteroatoms. The third-order valence-corrected chi connectivity index (χ3v) is 3.18. The third kappa shape index (κ3) is 2.11. The van der Waals surface area contributed by atoms with Crippen LogP contribution in [-0.2, 0) is 17.8 Å². The van der Waals surface area contributed by atoms with E-state index in [1.165, 1.54) is 6.07 Å². The summed E-state index contributed by atoms with van der Waals surface area (Å²) in [5.74, 6) is -0.518. The predicted octanol–water partition coefficient (Wildman–Crippen LogP) is 1.26. The molecular weight excluding hydrogens is 258 g/mol. The van der Waals surface area contributed by atoms with Crippen molar-refractivity contribution in [3.05, 3.63) is 53.6 Å². The number of hydrogen-bond donors (Lipinski definition) is 1. The number of aromatic carboxylic acids is 1. The van der Waals surface area contributed by atoms with Gasteiger partial charge < -0.3 is 10.0 Å². The molecule has 20 heavy (non-hydrogen) atoms. The Kier molecular flexibility index (Phi) is 2.90. The first-order chi connectivity index (χ1) is 9.65. The summed E-state index contributed by atoms with van der Waals surface area (Å²) in [5.41, 5.74) is 1.65. The van der Waals surface area contributed by atoms with Crippen molar-refractivity contribution in [3.8, 4) is 0 Å². The van der Waals surface area contributed by atoms with E-state index < -0.39 is 5.97 Å². The maximum absolute atomic E-state index is 12.0. The highest BCUT2D eigenvalue weighted by Crippen LogP contribution is 2.30. The zero-order chi connectivity index (χ0) is 14.1. The number of carboxylic acids is 1. The maximum Gasteiger partial charge on any atom is 0.335 e. The van der Waals surface area contributed by atoms with Crippen molar-refractivity contribution < 1.29 is 14.7 Å². The van der Waals surface area contributed by atoms with Crippen LogP contribution in [0.3, 0.4) is 0 Å². The van der Waals surface area contributed by atoms with Gasteiger partial charge in [-0.25, -0.2) is 14.8 Å². The molecule has 1 aromatic carbocycles. The molecule has 1 aromatic heterocycles. The molecule has 0 spiro atoms. The fourth-order valence-electron chi connectivity index (χ4n) is 2.24. The molecule has 0 saturated carbocycles. The Morgan fingerprint density at radius 2 is 2.05 bits per heavy atom.